The summed E-state index contributed by atoms with van der Waals surface area (Å²) < 4.78 is 0. The molecule has 0 radical (unpaired) electrons. The van der Waals surface area contributed by atoms with Crippen LogP contribution >= 0.6 is 15.9 Å². The summed E-state index contributed by atoms with van der Waals surface area (Å²) in [4.78, 5) is 15.0. The summed E-state index contributed by atoms with van der Waals surface area (Å²) in [6.07, 6.45) is 0. The quantitative estimate of drug-likeness (QED) is 0.488. The summed E-state index contributed by atoms with van der Waals surface area (Å²) in [7, 11) is 2.11. The Bertz CT molecular complexity index is 445. The van der Waals surface area contributed by atoms with Crippen molar-refractivity contribution in [3.63, 3.8) is 0 Å². The highest BCUT2D eigenvalue weighted by molar-refractivity contribution is 9.08. The second-order valence-corrected chi connectivity index (χ2v) is 5.05. The fourth-order valence-corrected chi connectivity index (χ4v) is 2.60. The first kappa shape index (κ1) is 13.3. The van der Waals surface area contributed by atoms with Crippen LogP contribution in [-0.2, 0) is 5.33 Å². The lowest BCUT2D eigenvalue weighted by atomic mass is 10.1. The molecule has 1 fully saturated rings. The molecule has 1 aliphatic heterocycles. The molecule has 0 aromatic heterocycles. The average molecular weight is 314 g/mol. The predicted octanol–water partition coefficient (Wildman–Crippen LogP) is 2.24. The maximum absolute atomic E-state index is 10.8. The zero-order chi connectivity index (χ0) is 13.1. The zero-order valence-corrected chi connectivity index (χ0v) is 11.9. The van der Waals surface area contributed by atoms with Gasteiger partial charge in [0.2, 0.25) is 0 Å². The number of rotatable bonds is 3. The molecule has 1 saturated heterocycles. The molecule has 0 spiro atoms. The van der Waals surface area contributed by atoms with Gasteiger partial charge >= 0.3 is 0 Å². The highest BCUT2D eigenvalue weighted by Gasteiger charge is 2.18. The molecule has 1 aromatic carbocycles. The van der Waals surface area contributed by atoms with E-state index in [4.69, 9.17) is 0 Å². The molecule has 0 N–H and O–H groups in total. The third kappa shape index (κ3) is 2.81. The number of hydrogen-bond acceptors (Lipinski definition) is 4. The zero-order valence-electron chi connectivity index (χ0n) is 10.3. The number of alkyl halides is 1. The first-order valence-electron chi connectivity index (χ1n) is 5.88. The highest BCUT2D eigenvalue weighted by Crippen LogP contribution is 2.28. The predicted molar refractivity (Wildman–Crippen MR) is 75.4 cm³/mol. The first-order chi connectivity index (χ1) is 8.61. The molecule has 18 heavy (non-hydrogen) atoms. The van der Waals surface area contributed by atoms with E-state index in [0.29, 0.717) is 5.33 Å². The summed E-state index contributed by atoms with van der Waals surface area (Å²) in [5.41, 5.74) is 2.24. The van der Waals surface area contributed by atoms with Crippen molar-refractivity contribution in [1.29, 1.82) is 0 Å². The number of nitrogens with zero attached hydrogens (tertiary/aromatic N) is 3. The van der Waals surface area contributed by atoms with E-state index in [1.165, 1.54) is 0 Å². The Balaban J connectivity index is 2.24. The third-order valence-electron chi connectivity index (χ3n) is 3.26. The van der Waals surface area contributed by atoms with Crippen LogP contribution < -0.4 is 4.90 Å². The SMILES string of the molecule is CN1CCN(c2ccc([N+](=O)[O-])cc2CBr)CC1. The summed E-state index contributed by atoms with van der Waals surface area (Å²) in [6.45, 7) is 3.99. The van der Waals surface area contributed by atoms with Gasteiger partial charge in [0.05, 0.1) is 4.92 Å². The number of benzene rings is 1. The summed E-state index contributed by atoms with van der Waals surface area (Å²) in [5, 5.41) is 11.4. The summed E-state index contributed by atoms with van der Waals surface area (Å²) in [6, 6.07) is 5.10. The molecular weight excluding hydrogens is 298 g/mol. The smallest absolute Gasteiger partial charge is 0.269 e. The van der Waals surface area contributed by atoms with Crippen LogP contribution in [0.15, 0.2) is 18.2 Å². The first-order valence-corrected chi connectivity index (χ1v) is 7.00. The molecule has 1 aliphatic rings. The van der Waals surface area contributed by atoms with Gasteiger partial charge in [0.25, 0.3) is 5.69 Å². The van der Waals surface area contributed by atoms with E-state index in [1.807, 2.05) is 6.07 Å². The van der Waals surface area contributed by atoms with Crippen LogP contribution in [0.2, 0.25) is 0 Å². The average Bonchev–Trinajstić information content (AvgIpc) is 2.39. The molecule has 0 bridgehead atoms. The van der Waals surface area contributed by atoms with Crippen molar-refractivity contribution < 1.29 is 4.92 Å². The van der Waals surface area contributed by atoms with Gasteiger partial charge in [-0.1, -0.05) is 15.9 Å². The fraction of sp³-hybridized carbons (Fsp3) is 0.500. The molecule has 2 rings (SSSR count). The fourth-order valence-electron chi connectivity index (χ4n) is 2.15. The normalized spacial score (nSPS) is 16.9. The van der Waals surface area contributed by atoms with Crippen molar-refractivity contribution in [2.24, 2.45) is 0 Å². The van der Waals surface area contributed by atoms with E-state index in [1.54, 1.807) is 12.1 Å². The van der Waals surface area contributed by atoms with Crippen LogP contribution in [0.3, 0.4) is 0 Å². The standard InChI is InChI=1S/C12H16BrN3O2/c1-14-4-6-15(7-5-14)12-3-2-11(16(17)18)8-10(12)9-13/h2-3,8H,4-7,9H2,1H3. The molecule has 0 aliphatic carbocycles. The van der Waals surface area contributed by atoms with E-state index in [-0.39, 0.29) is 10.6 Å². The number of anilines is 1. The summed E-state index contributed by atoms with van der Waals surface area (Å²) in [5.74, 6) is 0. The van der Waals surface area contributed by atoms with Gasteiger partial charge < -0.3 is 9.80 Å². The number of likely N-dealkylation sites (N-methyl/N-ethyl adjacent to an activating group) is 1. The van der Waals surface area contributed by atoms with Crippen molar-refractivity contribution in [3.8, 4) is 0 Å². The van der Waals surface area contributed by atoms with Crippen molar-refractivity contribution in [1.82, 2.24) is 4.90 Å². The maximum atomic E-state index is 10.8. The van der Waals surface area contributed by atoms with Crippen LogP contribution in [0.4, 0.5) is 11.4 Å². The van der Waals surface area contributed by atoms with Gasteiger partial charge in [-0.05, 0) is 18.7 Å². The van der Waals surface area contributed by atoms with Crippen LogP contribution in [0.5, 0.6) is 0 Å². The molecule has 1 aromatic rings. The van der Waals surface area contributed by atoms with Gasteiger partial charge in [-0.15, -0.1) is 0 Å². The number of halogens is 1. The minimum Gasteiger partial charge on any atom is -0.369 e. The molecule has 1 heterocycles. The molecule has 0 amide bonds. The van der Waals surface area contributed by atoms with Gasteiger partial charge in [-0.3, -0.25) is 10.1 Å². The van der Waals surface area contributed by atoms with Crippen LogP contribution in [0.1, 0.15) is 5.56 Å². The van der Waals surface area contributed by atoms with Crippen molar-refractivity contribution in [2.45, 2.75) is 5.33 Å². The second kappa shape index (κ2) is 5.67. The monoisotopic (exact) mass is 313 g/mol. The number of hydrogen-bond donors (Lipinski definition) is 0. The topological polar surface area (TPSA) is 49.6 Å². The van der Waals surface area contributed by atoms with Crippen LogP contribution in [-0.4, -0.2) is 43.0 Å². The third-order valence-corrected chi connectivity index (χ3v) is 3.87. The van der Waals surface area contributed by atoms with Crippen molar-refractivity contribution in [2.75, 3.05) is 38.1 Å². The Hall–Kier alpha value is -1.14. The van der Waals surface area contributed by atoms with E-state index < -0.39 is 0 Å². The van der Waals surface area contributed by atoms with Crippen molar-refractivity contribution >= 4 is 27.3 Å². The van der Waals surface area contributed by atoms with Gasteiger partial charge in [0.1, 0.15) is 0 Å². The molecule has 5 nitrogen and oxygen atoms in total. The lowest BCUT2D eigenvalue weighted by molar-refractivity contribution is -0.384. The molecular formula is C12H16BrN3O2. The second-order valence-electron chi connectivity index (χ2n) is 4.49. The minimum atomic E-state index is -0.347. The summed E-state index contributed by atoms with van der Waals surface area (Å²) >= 11 is 3.41. The van der Waals surface area contributed by atoms with Crippen LogP contribution in [0, 0.1) is 10.1 Å². The lowest BCUT2D eigenvalue weighted by Crippen LogP contribution is -2.44. The number of piperazine rings is 1. The largest absolute Gasteiger partial charge is 0.369 e. The van der Waals surface area contributed by atoms with Gasteiger partial charge in [-0.25, -0.2) is 0 Å². The lowest BCUT2D eigenvalue weighted by Gasteiger charge is -2.35. The van der Waals surface area contributed by atoms with E-state index >= 15 is 0 Å². The molecule has 0 unspecified atom stereocenters. The number of non-ortho nitro benzene ring substituents is 1. The minimum absolute atomic E-state index is 0.155. The molecule has 98 valence electrons. The van der Waals surface area contributed by atoms with Gasteiger partial charge in [-0.2, -0.15) is 0 Å². The number of nitro benzene ring substituents is 1. The van der Waals surface area contributed by atoms with E-state index in [0.717, 1.165) is 37.4 Å². The van der Waals surface area contributed by atoms with Crippen molar-refractivity contribution in [3.05, 3.63) is 33.9 Å². The highest BCUT2D eigenvalue weighted by atomic mass is 79.9. The van der Waals surface area contributed by atoms with Crippen LogP contribution in [0.25, 0.3) is 0 Å². The Kier molecular flexibility index (Phi) is 4.19. The van der Waals surface area contributed by atoms with Gasteiger partial charge in [0, 0.05) is 49.3 Å². The Labute approximate surface area is 115 Å². The maximum Gasteiger partial charge on any atom is 0.269 e. The number of nitro groups is 1. The molecule has 0 saturated carbocycles. The van der Waals surface area contributed by atoms with E-state index in [9.17, 15) is 10.1 Å². The van der Waals surface area contributed by atoms with E-state index in [2.05, 4.69) is 32.8 Å². The Morgan fingerprint density at radius 1 is 1.33 bits per heavy atom. The molecule has 0 atom stereocenters. The Morgan fingerprint density at radius 3 is 2.56 bits per heavy atom. The van der Waals surface area contributed by atoms with Gasteiger partial charge in [0.15, 0.2) is 0 Å². The molecule has 6 heteroatoms. The Morgan fingerprint density at radius 2 is 2.00 bits per heavy atom.